The van der Waals surface area contributed by atoms with E-state index in [1.165, 1.54) is 16.2 Å². The highest BCUT2D eigenvalue weighted by molar-refractivity contribution is 7.12. The van der Waals surface area contributed by atoms with E-state index in [1.807, 2.05) is 11.9 Å². The molecule has 0 aromatic carbocycles. The van der Waals surface area contributed by atoms with Gasteiger partial charge in [0.1, 0.15) is 0 Å². The van der Waals surface area contributed by atoms with Crippen molar-refractivity contribution in [2.24, 2.45) is 17.8 Å². The summed E-state index contributed by atoms with van der Waals surface area (Å²) in [6, 6.07) is 4.51. The van der Waals surface area contributed by atoms with Crippen molar-refractivity contribution in [1.29, 1.82) is 0 Å². The van der Waals surface area contributed by atoms with Gasteiger partial charge in [-0.2, -0.15) is 0 Å². The van der Waals surface area contributed by atoms with E-state index in [4.69, 9.17) is 0 Å². The maximum absolute atomic E-state index is 12.5. The van der Waals surface area contributed by atoms with Crippen molar-refractivity contribution in [2.45, 2.75) is 39.2 Å². The Kier molecular flexibility index (Phi) is 2.97. The molecule has 0 N–H and O–H groups in total. The van der Waals surface area contributed by atoms with E-state index in [9.17, 15) is 4.79 Å². The highest BCUT2D eigenvalue weighted by Gasteiger charge is 2.48. The van der Waals surface area contributed by atoms with Crippen LogP contribution in [0.1, 0.15) is 42.0 Å². The number of aryl methyl sites for hydroxylation is 1. The third-order valence-corrected chi connectivity index (χ3v) is 5.87. The molecule has 1 amide bonds. The van der Waals surface area contributed by atoms with Gasteiger partial charge in [-0.3, -0.25) is 4.79 Å². The van der Waals surface area contributed by atoms with E-state index >= 15 is 0 Å². The molecular formula is C15H21NOS. The molecule has 3 atom stereocenters. The van der Waals surface area contributed by atoms with Gasteiger partial charge >= 0.3 is 0 Å². The Morgan fingerprint density at radius 1 is 1.33 bits per heavy atom. The van der Waals surface area contributed by atoms with Crippen LogP contribution in [0.25, 0.3) is 0 Å². The summed E-state index contributed by atoms with van der Waals surface area (Å²) in [5, 5.41) is 0. The average molecular weight is 263 g/mol. The Balaban J connectivity index is 1.66. The predicted molar refractivity (Wildman–Crippen MR) is 74.6 cm³/mol. The van der Waals surface area contributed by atoms with Gasteiger partial charge in [0.2, 0.25) is 5.91 Å². The van der Waals surface area contributed by atoms with Crippen molar-refractivity contribution in [2.75, 3.05) is 7.05 Å². The zero-order valence-corrected chi connectivity index (χ0v) is 12.2. The molecule has 3 unspecified atom stereocenters. The number of hydrogen-bond acceptors (Lipinski definition) is 2. The molecule has 0 bridgehead atoms. The minimum Gasteiger partial charge on any atom is -0.338 e. The molecule has 1 aromatic rings. The summed E-state index contributed by atoms with van der Waals surface area (Å²) < 4.78 is 0. The molecule has 0 saturated heterocycles. The molecule has 18 heavy (non-hydrogen) atoms. The number of carbonyl (C=O) groups excluding carboxylic acids is 1. The van der Waals surface area contributed by atoms with Crippen LogP contribution in [0.3, 0.4) is 0 Å². The van der Waals surface area contributed by atoms with Gasteiger partial charge in [-0.1, -0.05) is 0 Å². The number of nitrogens with zero attached hydrogens (tertiary/aromatic N) is 1. The second-order valence-corrected chi connectivity index (χ2v) is 7.32. The van der Waals surface area contributed by atoms with E-state index < -0.39 is 0 Å². The summed E-state index contributed by atoms with van der Waals surface area (Å²) in [6.45, 7) is 4.26. The summed E-state index contributed by atoms with van der Waals surface area (Å²) >= 11 is 1.80. The van der Waals surface area contributed by atoms with Gasteiger partial charge in [0.05, 0.1) is 6.04 Å². The van der Waals surface area contributed by atoms with Crippen LogP contribution in [0.4, 0.5) is 0 Å². The lowest BCUT2D eigenvalue weighted by atomic mass is 10.0. The second kappa shape index (κ2) is 4.37. The first kappa shape index (κ1) is 12.2. The molecule has 3 heteroatoms. The number of thiophene rings is 1. The molecule has 2 aliphatic rings. The first-order chi connectivity index (χ1) is 8.56. The van der Waals surface area contributed by atoms with Gasteiger partial charge in [0.25, 0.3) is 0 Å². The van der Waals surface area contributed by atoms with Gasteiger partial charge in [-0.15, -0.1) is 11.3 Å². The van der Waals surface area contributed by atoms with Gasteiger partial charge in [-0.05, 0) is 57.1 Å². The van der Waals surface area contributed by atoms with Gasteiger partial charge in [-0.25, -0.2) is 0 Å². The number of fused-ring (bicyclic) bond motifs is 1. The van der Waals surface area contributed by atoms with Crippen molar-refractivity contribution in [3.63, 3.8) is 0 Å². The van der Waals surface area contributed by atoms with E-state index in [2.05, 4.69) is 26.0 Å². The zero-order chi connectivity index (χ0) is 12.9. The van der Waals surface area contributed by atoms with E-state index in [0.717, 1.165) is 24.7 Å². The van der Waals surface area contributed by atoms with Crippen molar-refractivity contribution >= 4 is 17.2 Å². The normalized spacial score (nSPS) is 30.9. The number of carbonyl (C=O) groups is 1. The van der Waals surface area contributed by atoms with Crippen LogP contribution < -0.4 is 0 Å². The molecular weight excluding hydrogens is 242 g/mol. The highest BCUT2D eigenvalue weighted by Crippen LogP contribution is 2.54. The molecule has 3 rings (SSSR count). The van der Waals surface area contributed by atoms with Crippen molar-refractivity contribution in [3.8, 4) is 0 Å². The molecule has 2 nitrogen and oxygen atoms in total. The molecule has 2 aliphatic carbocycles. The van der Waals surface area contributed by atoms with Crippen molar-refractivity contribution in [1.82, 2.24) is 4.90 Å². The van der Waals surface area contributed by atoms with Crippen molar-refractivity contribution < 1.29 is 4.79 Å². The summed E-state index contributed by atoms with van der Waals surface area (Å²) in [5.41, 5.74) is 0. The molecule has 0 aliphatic heterocycles. The molecule has 1 aromatic heterocycles. The molecule has 98 valence electrons. The summed E-state index contributed by atoms with van der Waals surface area (Å²) in [4.78, 5) is 17.0. The van der Waals surface area contributed by atoms with Gasteiger partial charge in [0, 0.05) is 22.7 Å². The first-order valence-electron chi connectivity index (χ1n) is 6.89. The summed E-state index contributed by atoms with van der Waals surface area (Å²) in [6.07, 6.45) is 3.67. The molecule has 0 radical (unpaired) electrons. The topological polar surface area (TPSA) is 20.3 Å². The minimum absolute atomic E-state index is 0.216. The van der Waals surface area contributed by atoms with Crippen molar-refractivity contribution in [3.05, 3.63) is 21.9 Å². The monoisotopic (exact) mass is 263 g/mol. The lowest BCUT2D eigenvalue weighted by Gasteiger charge is -2.27. The van der Waals surface area contributed by atoms with Crippen LogP contribution >= 0.6 is 11.3 Å². The Morgan fingerprint density at radius 2 is 2.00 bits per heavy atom. The maximum atomic E-state index is 12.5. The molecule has 2 saturated carbocycles. The Labute approximate surface area is 113 Å². The third-order valence-electron chi connectivity index (χ3n) is 4.69. The largest absolute Gasteiger partial charge is 0.338 e. The SMILES string of the molecule is Cc1ccc(C(C)N(C)C(=O)C2CC3CC3C2)s1. The first-order valence-corrected chi connectivity index (χ1v) is 7.71. The van der Waals surface area contributed by atoms with E-state index in [1.54, 1.807) is 11.3 Å². The second-order valence-electron chi connectivity index (χ2n) is 6.00. The fourth-order valence-electron chi connectivity index (χ4n) is 3.26. The smallest absolute Gasteiger partial charge is 0.225 e. The lowest BCUT2D eigenvalue weighted by Crippen LogP contribution is -2.34. The number of hydrogen-bond donors (Lipinski definition) is 0. The van der Waals surface area contributed by atoms with Crippen LogP contribution in [-0.4, -0.2) is 17.9 Å². The zero-order valence-electron chi connectivity index (χ0n) is 11.3. The van der Waals surface area contributed by atoms with Gasteiger partial charge in [0.15, 0.2) is 0 Å². The minimum atomic E-state index is 0.216. The Hall–Kier alpha value is -0.830. The third kappa shape index (κ3) is 2.09. The molecule has 2 fully saturated rings. The highest BCUT2D eigenvalue weighted by atomic mass is 32.1. The van der Waals surface area contributed by atoms with E-state index in [-0.39, 0.29) is 6.04 Å². The number of amides is 1. The fraction of sp³-hybridized carbons (Fsp3) is 0.667. The standard InChI is InChI=1S/C15H21NOS/c1-9-4-5-14(18-9)10(2)16(3)15(17)13-7-11-6-12(11)8-13/h4-5,10-13H,6-8H2,1-3H3. The lowest BCUT2D eigenvalue weighted by molar-refractivity contribution is -0.136. The van der Waals surface area contributed by atoms with E-state index in [0.29, 0.717) is 11.8 Å². The van der Waals surface area contributed by atoms with Gasteiger partial charge < -0.3 is 4.90 Å². The predicted octanol–water partition coefficient (Wildman–Crippen LogP) is 3.62. The Morgan fingerprint density at radius 3 is 2.56 bits per heavy atom. The van der Waals surface area contributed by atoms with Crippen LogP contribution in [0.15, 0.2) is 12.1 Å². The molecule has 1 heterocycles. The fourth-order valence-corrected chi connectivity index (χ4v) is 4.24. The average Bonchev–Trinajstić information content (AvgIpc) is 2.78. The van der Waals surface area contributed by atoms with Crippen LogP contribution in [0.2, 0.25) is 0 Å². The summed E-state index contributed by atoms with van der Waals surface area (Å²) in [5.74, 6) is 2.43. The van der Waals surface area contributed by atoms with Crippen LogP contribution in [-0.2, 0) is 4.79 Å². The quantitative estimate of drug-likeness (QED) is 0.815. The Bertz CT molecular complexity index is 457. The summed E-state index contributed by atoms with van der Waals surface area (Å²) in [7, 11) is 1.96. The van der Waals surface area contributed by atoms with Crippen LogP contribution in [0, 0.1) is 24.7 Å². The number of rotatable bonds is 3. The van der Waals surface area contributed by atoms with Crippen LogP contribution in [0.5, 0.6) is 0 Å². The molecule has 0 spiro atoms. The maximum Gasteiger partial charge on any atom is 0.225 e.